The Balaban J connectivity index is 1.82. The predicted octanol–water partition coefficient (Wildman–Crippen LogP) is 2.54. The fraction of sp³-hybridized carbons (Fsp3) is 0.278. The summed E-state index contributed by atoms with van der Waals surface area (Å²) >= 11 is 0. The summed E-state index contributed by atoms with van der Waals surface area (Å²) in [7, 11) is 1.07. The molecule has 0 radical (unpaired) electrons. The molecule has 1 N–H and O–H groups in total. The maximum absolute atomic E-state index is 12.6. The molecule has 8 heteroatoms. The molecule has 0 aliphatic carbocycles. The van der Waals surface area contributed by atoms with Gasteiger partial charge in [-0.25, -0.2) is 17.5 Å². The number of urea groups is 1. The van der Waals surface area contributed by atoms with Gasteiger partial charge in [0.25, 0.3) is 0 Å². The van der Waals surface area contributed by atoms with E-state index in [0.717, 1.165) is 11.3 Å². The number of sulfonamides is 1. The lowest BCUT2D eigenvalue weighted by atomic mass is 10.2. The van der Waals surface area contributed by atoms with Crippen LogP contribution in [0.3, 0.4) is 0 Å². The zero-order valence-corrected chi connectivity index (χ0v) is 15.7. The van der Waals surface area contributed by atoms with Gasteiger partial charge in [-0.15, -0.1) is 0 Å². The number of amides is 2. The molecule has 2 aromatic carbocycles. The van der Waals surface area contributed by atoms with Crippen LogP contribution in [-0.2, 0) is 16.4 Å². The quantitative estimate of drug-likeness (QED) is 0.891. The average Bonchev–Trinajstić information content (AvgIpc) is 3.05. The second-order valence-electron chi connectivity index (χ2n) is 6.14. The monoisotopic (exact) mass is 375 g/mol. The van der Waals surface area contributed by atoms with Gasteiger partial charge in [-0.05, 0) is 42.3 Å². The van der Waals surface area contributed by atoms with Crippen LogP contribution in [0.25, 0.3) is 0 Å². The average molecular weight is 375 g/mol. The van der Waals surface area contributed by atoms with E-state index in [4.69, 9.17) is 4.74 Å². The van der Waals surface area contributed by atoms with Gasteiger partial charge in [-0.2, -0.15) is 0 Å². The van der Waals surface area contributed by atoms with E-state index in [1.54, 1.807) is 48.4 Å². The third-order valence-corrected chi connectivity index (χ3v) is 6.10. The molecule has 1 heterocycles. The lowest BCUT2D eigenvalue weighted by Crippen LogP contribution is -2.33. The van der Waals surface area contributed by atoms with Crippen molar-refractivity contribution in [3.63, 3.8) is 0 Å². The van der Waals surface area contributed by atoms with Crippen molar-refractivity contribution in [3.05, 3.63) is 48.0 Å². The Morgan fingerprint density at radius 3 is 2.65 bits per heavy atom. The van der Waals surface area contributed by atoms with Crippen LogP contribution in [0.5, 0.6) is 5.75 Å². The van der Waals surface area contributed by atoms with Crippen LogP contribution in [0.1, 0.15) is 5.56 Å². The molecule has 0 spiro atoms. The van der Waals surface area contributed by atoms with Crippen molar-refractivity contribution >= 4 is 27.4 Å². The second kappa shape index (κ2) is 6.97. The maximum Gasteiger partial charge on any atom is 0.326 e. The molecule has 0 unspecified atom stereocenters. The van der Waals surface area contributed by atoms with Gasteiger partial charge < -0.3 is 10.1 Å². The zero-order valence-electron chi connectivity index (χ0n) is 14.9. The number of hydrogen-bond donors (Lipinski definition) is 1. The standard InChI is InChI=1S/C18H21N3O4S/c1-20(2)26(23,24)16-7-8-17-13(11-16)9-10-21(17)18(22)19-14-5-4-6-15(12-14)25-3/h4-8,11-12H,9-10H2,1-3H3,(H,19,22). The Morgan fingerprint density at radius 2 is 1.96 bits per heavy atom. The smallest absolute Gasteiger partial charge is 0.326 e. The minimum atomic E-state index is -3.49. The minimum absolute atomic E-state index is 0.233. The molecular formula is C18H21N3O4S. The van der Waals surface area contributed by atoms with Crippen molar-refractivity contribution in [3.8, 4) is 5.75 Å². The second-order valence-corrected chi connectivity index (χ2v) is 8.29. The van der Waals surface area contributed by atoms with E-state index >= 15 is 0 Å². The van der Waals surface area contributed by atoms with E-state index in [1.165, 1.54) is 24.5 Å². The van der Waals surface area contributed by atoms with Gasteiger partial charge in [0.05, 0.1) is 12.0 Å². The molecule has 3 rings (SSSR count). The van der Waals surface area contributed by atoms with Crippen molar-refractivity contribution in [2.45, 2.75) is 11.3 Å². The van der Waals surface area contributed by atoms with Gasteiger partial charge >= 0.3 is 6.03 Å². The van der Waals surface area contributed by atoms with Crippen LogP contribution >= 0.6 is 0 Å². The van der Waals surface area contributed by atoms with Gasteiger partial charge in [0.15, 0.2) is 0 Å². The van der Waals surface area contributed by atoms with Crippen LogP contribution in [0.4, 0.5) is 16.2 Å². The highest BCUT2D eigenvalue weighted by atomic mass is 32.2. The lowest BCUT2D eigenvalue weighted by molar-refractivity contribution is 0.257. The Bertz CT molecular complexity index is 941. The molecular weight excluding hydrogens is 354 g/mol. The highest BCUT2D eigenvalue weighted by Crippen LogP contribution is 2.31. The molecule has 0 aromatic heterocycles. The molecule has 0 fully saturated rings. The number of nitrogens with zero attached hydrogens (tertiary/aromatic N) is 2. The molecule has 0 saturated heterocycles. The normalized spacial score (nSPS) is 13.6. The third-order valence-electron chi connectivity index (χ3n) is 4.29. The Kier molecular flexibility index (Phi) is 4.88. The number of nitrogens with one attached hydrogen (secondary N) is 1. The highest BCUT2D eigenvalue weighted by molar-refractivity contribution is 7.89. The summed E-state index contributed by atoms with van der Waals surface area (Å²) in [6.07, 6.45) is 0.609. The predicted molar refractivity (Wildman–Crippen MR) is 100 cm³/mol. The first-order chi connectivity index (χ1) is 12.3. The Morgan fingerprint density at radius 1 is 1.19 bits per heavy atom. The first-order valence-electron chi connectivity index (χ1n) is 8.11. The first-order valence-corrected chi connectivity index (χ1v) is 9.55. The van der Waals surface area contributed by atoms with Crippen LogP contribution in [0, 0.1) is 0 Å². The van der Waals surface area contributed by atoms with Crippen LogP contribution < -0.4 is 15.0 Å². The Hall–Kier alpha value is -2.58. The van der Waals surface area contributed by atoms with E-state index in [2.05, 4.69) is 5.32 Å². The molecule has 1 aliphatic rings. The first kappa shape index (κ1) is 18.2. The summed E-state index contributed by atoms with van der Waals surface area (Å²) in [4.78, 5) is 14.5. The van der Waals surface area contributed by atoms with E-state index in [0.29, 0.717) is 24.4 Å². The number of benzene rings is 2. The minimum Gasteiger partial charge on any atom is -0.497 e. The van der Waals surface area contributed by atoms with Crippen molar-refractivity contribution < 1.29 is 17.9 Å². The van der Waals surface area contributed by atoms with Crippen LogP contribution in [0.15, 0.2) is 47.4 Å². The molecule has 2 aromatic rings. The number of hydrogen-bond acceptors (Lipinski definition) is 4. The summed E-state index contributed by atoms with van der Waals surface area (Å²) in [5, 5.41) is 2.84. The van der Waals surface area contributed by atoms with E-state index < -0.39 is 10.0 Å². The van der Waals surface area contributed by atoms with Gasteiger partial charge in [0.1, 0.15) is 5.75 Å². The summed E-state index contributed by atoms with van der Waals surface area (Å²) in [5.41, 5.74) is 2.20. The van der Waals surface area contributed by atoms with Gasteiger partial charge in [-0.3, -0.25) is 4.90 Å². The van der Waals surface area contributed by atoms with Crippen LogP contribution in [-0.4, -0.2) is 46.5 Å². The highest BCUT2D eigenvalue weighted by Gasteiger charge is 2.27. The zero-order chi connectivity index (χ0) is 18.9. The fourth-order valence-corrected chi connectivity index (χ4v) is 3.80. The summed E-state index contributed by atoms with van der Waals surface area (Å²) < 4.78 is 30.9. The van der Waals surface area contributed by atoms with Crippen molar-refractivity contribution in [1.29, 1.82) is 0 Å². The molecule has 7 nitrogen and oxygen atoms in total. The topological polar surface area (TPSA) is 79.0 Å². The number of anilines is 2. The third kappa shape index (κ3) is 3.38. The van der Waals surface area contributed by atoms with E-state index in [1.807, 2.05) is 0 Å². The molecule has 0 saturated carbocycles. The van der Waals surface area contributed by atoms with Crippen molar-refractivity contribution in [1.82, 2.24) is 4.31 Å². The maximum atomic E-state index is 12.6. The number of carbonyl (C=O) groups excluding carboxylic acids is 1. The largest absolute Gasteiger partial charge is 0.497 e. The number of methoxy groups -OCH3 is 1. The summed E-state index contributed by atoms with van der Waals surface area (Å²) in [6.45, 7) is 0.497. The molecule has 1 aliphatic heterocycles. The van der Waals surface area contributed by atoms with Crippen LogP contribution in [0.2, 0.25) is 0 Å². The number of carbonyl (C=O) groups is 1. The summed E-state index contributed by atoms with van der Waals surface area (Å²) in [6, 6.07) is 11.7. The lowest BCUT2D eigenvalue weighted by Gasteiger charge is -2.19. The summed E-state index contributed by atoms with van der Waals surface area (Å²) in [5.74, 6) is 0.656. The Labute approximate surface area is 153 Å². The van der Waals surface area contributed by atoms with Gasteiger partial charge in [-0.1, -0.05) is 6.07 Å². The number of fused-ring (bicyclic) bond motifs is 1. The molecule has 0 bridgehead atoms. The molecule has 26 heavy (non-hydrogen) atoms. The van der Waals surface area contributed by atoms with Gasteiger partial charge in [0, 0.05) is 38.1 Å². The van der Waals surface area contributed by atoms with Crippen molar-refractivity contribution in [2.75, 3.05) is 38.0 Å². The molecule has 2 amide bonds. The number of rotatable bonds is 4. The fourth-order valence-electron chi connectivity index (χ4n) is 2.85. The van der Waals surface area contributed by atoms with Gasteiger partial charge in [0.2, 0.25) is 10.0 Å². The molecule has 0 atom stereocenters. The number of ether oxygens (including phenoxy) is 1. The van der Waals surface area contributed by atoms with E-state index in [-0.39, 0.29) is 10.9 Å². The van der Waals surface area contributed by atoms with E-state index in [9.17, 15) is 13.2 Å². The molecule has 138 valence electrons. The SMILES string of the molecule is COc1cccc(NC(=O)N2CCc3cc(S(=O)(=O)N(C)C)ccc32)c1. The van der Waals surface area contributed by atoms with Crippen molar-refractivity contribution in [2.24, 2.45) is 0 Å².